The van der Waals surface area contributed by atoms with E-state index in [1.165, 1.54) is 19.2 Å². The highest BCUT2D eigenvalue weighted by molar-refractivity contribution is 7.89. The van der Waals surface area contributed by atoms with Gasteiger partial charge in [0, 0.05) is 19.3 Å². The third-order valence-electron chi connectivity index (χ3n) is 2.38. The van der Waals surface area contributed by atoms with Crippen LogP contribution in [0.5, 0.6) is 0 Å². The number of carbonyl (C=O) groups is 1. The van der Waals surface area contributed by atoms with Crippen LogP contribution < -0.4 is 5.32 Å². The van der Waals surface area contributed by atoms with Gasteiger partial charge >= 0.3 is 0 Å². The summed E-state index contributed by atoms with van der Waals surface area (Å²) in [6.07, 6.45) is 1.10. The van der Waals surface area contributed by atoms with Gasteiger partial charge in [-0.3, -0.25) is 4.79 Å². The number of hydrogen-bond acceptors (Lipinski definition) is 5. The minimum atomic E-state index is -3.79. The molecule has 1 aromatic rings. The van der Waals surface area contributed by atoms with E-state index in [2.05, 4.69) is 10.3 Å². The Labute approximate surface area is 118 Å². The Balaban J connectivity index is 2.87. The lowest BCUT2D eigenvalue weighted by Crippen LogP contribution is -2.40. The van der Waals surface area contributed by atoms with Crippen molar-refractivity contribution in [2.24, 2.45) is 0 Å². The molecule has 0 atom stereocenters. The first-order chi connectivity index (χ1) is 9.27. The van der Waals surface area contributed by atoms with Crippen LogP contribution in [-0.4, -0.2) is 43.2 Å². The van der Waals surface area contributed by atoms with Crippen LogP contribution in [0.3, 0.4) is 0 Å². The van der Waals surface area contributed by atoms with Crippen LogP contribution in [0.25, 0.3) is 0 Å². The molecule has 8 heteroatoms. The van der Waals surface area contributed by atoms with Gasteiger partial charge < -0.3 is 5.32 Å². The number of sulfonamides is 1. The van der Waals surface area contributed by atoms with Crippen LogP contribution in [-0.2, 0) is 14.8 Å². The molecule has 1 rings (SSSR count). The Hall–Kier alpha value is -1.98. The second-order valence-corrected chi connectivity index (χ2v) is 6.52. The van der Waals surface area contributed by atoms with Crippen LogP contribution in [0.15, 0.2) is 23.2 Å². The van der Waals surface area contributed by atoms with Crippen molar-refractivity contribution < 1.29 is 13.2 Å². The Kier molecular flexibility index (Phi) is 5.19. The maximum Gasteiger partial charge on any atom is 0.244 e. The molecule has 0 aliphatic rings. The van der Waals surface area contributed by atoms with Gasteiger partial charge in [0.05, 0.1) is 6.54 Å². The van der Waals surface area contributed by atoms with E-state index >= 15 is 0 Å². The minimum absolute atomic E-state index is 0.0589. The highest BCUT2D eigenvalue weighted by Gasteiger charge is 2.23. The fraction of sp³-hybridized carbons (Fsp3) is 0.417. The predicted octanol–water partition coefficient (Wildman–Crippen LogP) is 0.0984. The molecule has 0 unspecified atom stereocenters. The average molecular weight is 296 g/mol. The lowest BCUT2D eigenvalue weighted by Gasteiger charge is -2.17. The van der Waals surface area contributed by atoms with Crippen molar-refractivity contribution in [3.63, 3.8) is 0 Å². The summed E-state index contributed by atoms with van der Waals surface area (Å²) in [6.45, 7) is 3.30. The Morgan fingerprint density at radius 3 is 2.60 bits per heavy atom. The van der Waals surface area contributed by atoms with Gasteiger partial charge in [-0.25, -0.2) is 13.4 Å². The smallest absolute Gasteiger partial charge is 0.244 e. The zero-order valence-electron chi connectivity index (χ0n) is 11.5. The molecule has 0 spiro atoms. The number of aromatic nitrogens is 1. The number of rotatable bonds is 5. The van der Waals surface area contributed by atoms with Crippen molar-refractivity contribution >= 4 is 15.9 Å². The van der Waals surface area contributed by atoms with Crippen LogP contribution in [0, 0.1) is 11.3 Å². The number of likely N-dealkylation sites (N-methyl/N-ethyl adjacent to an activating group) is 1. The van der Waals surface area contributed by atoms with Crippen molar-refractivity contribution in [1.29, 1.82) is 5.26 Å². The quantitative estimate of drug-likeness (QED) is 0.830. The van der Waals surface area contributed by atoms with Crippen molar-refractivity contribution in [2.75, 3.05) is 13.6 Å². The molecule has 0 saturated carbocycles. The van der Waals surface area contributed by atoms with E-state index in [1.54, 1.807) is 19.9 Å². The SMILES string of the molecule is CC(C)NC(=O)CN(C)S(=O)(=O)c1ccc(C#N)nc1. The molecule has 1 N–H and O–H groups in total. The summed E-state index contributed by atoms with van der Waals surface area (Å²) in [6, 6.07) is 4.35. The lowest BCUT2D eigenvalue weighted by atomic mass is 10.4. The van der Waals surface area contributed by atoms with Gasteiger partial charge in [-0.1, -0.05) is 0 Å². The molecule has 0 fully saturated rings. The zero-order chi connectivity index (χ0) is 15.3. The lowest BCUT2D eigenvalue weighted by molar-refractivity contribution is -0.121. The summed E-state index contributed by atoms with van der Waals surface area (Å²) in [5.74, 6) is -0.382. The fourth-order valence-corrected chi connectivity index (χ4v) is 2.51. The van der Waals surface area contributed by atoms with Crippen molar-refractivity contribution in [3.05, 3.63) is 24.0 Å². The molecular formula is C12H16N4O3S. The van der Waals surface area contributed by atoms with Crippen molar-refractivity contribution in [2.45, 2.75) is 24.8 Å². The van der Waals surface area contributed by atoms with E-state index in [1.807, 2.05) is 0 Å². The molecule has 1 heterocycles. The van der Waals surface area contributed by atoms with E-state index in [0.29, 0.717) is 0 Å². The molecule has 20 heavy (non-hydrogen) atoms. The molecule has 0 bridgehead atoms. The van der Waals surface area contributed by atoms with Gasteiger partial charge in [0.15, 0.2) is 0 Å². The Morgan fingerprint density at radius 1 is 1.50 bits per heavy atom. The summed E-state index contributed by atoms with van der Waals surface area (Å²) in [5.41, 5.74) is 0.129. The van der Waals surface area contributed by atoms with Crippen LogP contribution >= 0.6 is 0 Å². The number of amides is 1. The summed E-state index contributed by atoms with van der Waals surface area (Å²) >= 11 is 0. The third-order valence-corrected chi connectivity index (χ3v) is 4.16. The van der Waals surface area contributed by atoms with Gasteiger partial charge in [-0.2, -0.15) is 9.57 Å². The van der Waals surface area contributed by atoms with Gasteiger partial charge in [0.25, 0.3) is 0 Å². The van der Waals surface area contributed by atoms with Gasteiger partial charge in [0.2, 0.25) is 15.9 Å². The third kappa shape index (κ3) is 4.01. The number of carbonyl (C=O) groups excluding carboxylic acids is 1. The normalized spacial score (nSPS) is 11.4. The van der Waals surface area contributed by atoms with Gasteiger partial charge in [-0.05, 0) is 26.0 Å². The number of nitrogens with one attached hydrogen (secondary N) is 1. The largest absolute Gasteiger partial charge is 0.353 e. The molecule has 1 amide bonds. The summed E-state index contributed by atoms with van der Waals surface area (Å²) in [5, 5.41) is 11.2. The van der Waals surface area contributed by atoms with E-state index in [-0.39, 0.29) is 29.1 Å². The first kappa shape index (κ1) is 16.1. The first-order valence-electron chi connectivity index (χ1n) is 5.89. The van der Waals surface area contributed by atoms with Gasteiger partial charge in [-0.15, -0.1) is 0 Å². The van der Waals surface area contributed by atoms with Gasteiger partial charge in [0.1, 0.15) is 16.7 Å². The minimum Gasteiger partial charge on any atom is -0.353 e. The number of nitriles is 1. The molecule has 0 aromatic carbocycles. The molecule has 1 aromatic heterocycles. The molecule has 0 saturated heterocycles. The monoisotopic (exact) mass is 296 g/mol. The first-order valence-corrected chi connectivity index (χ1v) is 7.33. The standard InChI is InChI=1S/C12H16N4O3S/c1-9(2)15-12(17)8-16(3)20(18,19)11-5-4-10(6-13)14-7-11/h4-5,7,9H,8H2,1-3H3,(H,15,17). The molecule has 0 aliphatic heterocycles. The molecule has 0 radical (unpaired) electrons. The van der Waals surface area contributed by atoms with E-state index in [0.717, 1.165) is 10.5 Å². The topological polar surface area (TPSA) is 103 Å². The number of pyridine rings is 1. The van der Waals surface area contributed by atoms with E-state index < -0.39 is 10.0 Å². The fourth-order valence-electron chi connectivity index (χ4n) is 1.43. The molecular weight excluding hydrogens is 280 g/mol. The molecule has 108 valence electrons. The summed E-state index contributed by atoms with van der Waals surface area (Å²) in [7, 11) is -2.48. The molecule has 7 nitrogen and oxygen atoms in total. The van der Waals surface area contributed by atoms with E-state index in [9.17, 15) is 13.2 Å². The van der Waals surface area contributed by atoms with Crippen LogP contribution in [0.4, 0.5) is 0 Å². The Bertz CT molecular complexity index is 617. The highest BCUT2D eigenvalue weighted by Crippen LogP contribution is 2.12. The van der Waals surface area contributed by atoms with E-state index in [4.69, 9.17) is 5.26 Å². The highest BCUT2D eigenvalue weighted by atomic mass is 32.2. The maximum atomic E-state index is 12.2. The predicted molar refractivity (Wildman–Crippen MR) is 72.0 cm³/mol. The molecule has 0 aliphatic carbocycles. The van der Waals surface area contributed by atoms with Crippen molar-refractivity contribution in [1.82, 2.24) is 14.6 Å². The van der Waals surface area contributed by atoms with Crippen LogP contribution in [0.2, 0.25) is 0 Å². The Morgan fingerprint density at radius 2 is 2.15 bits per heavy atom. The summed E-state index contributed by atoms with van der Waals surface area (Å²) in [4.78, 5) is 15.2. The maximum absolute atomic E-state index is 12.2. The average Bonchev–Trinajstić information content (AvgIpc) is 2.37. The summed E-state index contributed by atoms with van der Waals surface area (Å²) < 4.78 is 25.3. The second-order valence-electron chi connectivity index (χ2n) is 4.47. The van der Waals surface area contributed by atoms with Crippen LogP contribution in [0.1, 0.15) is 19.5 Å². The van der Waals surface area contributed by atoms with Crippen molar-refractivity contribution in [3.8, 4) is 6.07 Å². The zero-order valence-corrected chi connectivity index (χ0v) is 12.3. The second kappa shape index (κ2) is 6.45. The number of nitrogens with zero attached hydrogens (tertiary/aromatic N) is 3. The number of hydrogen-bond donors (Lipinski definition) is 1.